The van der Waals surface area contributed by atoms with Crippen LogP contribution in [0.4, 0.5) is 0 Å². The highest BCUT2D eigenvalue weighted by molar-refractivity contribution is 9.13. The Morgan fingerprint density at radius 2 is 2.12 bits per heavy atom. The summed E-state index contributed by atoms with van der Waals surface area (Å²) in [6.07, 6.45) is 6.08. The van der Waals surface area contributed by atoms with Crippen LogP contribution >= 0.6 is 31.9 Å². The largest absolute Gasteiger partial charge is 0.310 e. The van der Waals surface area contributed by atoms with E-state index in [4.69, 9.17) is 0 Å². The molecule has 0 spiro atoms. The summed E-state index contributed by atoms with van der Waals surface area (Å²) in [4.78, 5) is 0. The fourth-order valence-electron chi connectivity index (χ4n) is 1.68. The monoisotopic (exact) mass is 357 g/mol. The second-order valence-electron chi connectivity index (χ2n) is 4.48. The van der Waals surface area contributed by atoms with Gasteiger partial charge in [-0.25, -0.2) is 0 Å². The van der Waals surface area contributed by atoms with Gasteiger partial charge in [0.25, 0.3) is 0 Å². The van der Waals surface area contributed by atoms with E-state index in [0.29, 0.717) is 0 Å². The van der Waals surface area contributed by atoms with Gasteiger partial charge in [-0.05, 0) is 68.8 Å². The van der Waals surface area contributed by atoms with E-state index in [1.54, 1.807) is 0 Å². The van der Waals surface area contributed by atoms with Crippen LogP contribution in [0.3, 0.4) is 0 Å². The smallest absolute Gasteiger partial charge is 0.0323 e. The predicted octanol–water partition coefficient (Wildman–Crippen LogP) is 4.76. The van der Waals surface area contributed by atoms with Gasteiger partial charge in [0.2, 0.25) is 0 Å². The van der Waals surface area contributed by atoms with Crippen molar-refractivity contribution in [1.29, 1.82) is 0 Å². The summed E-state index contributed by atoms with van der Waals surface area (Å²) in [6.45, 7) is 3.24. The maximum absolute atomic E-state index is 3.56. The molecule has 0 radical (unpaired) electrons. The van der Waals surface area contributed by atoms with Gasteiger partial charge in [0.05, 0.1) is 0 Å². The van der Waals surface area contributed by atoms with Gasteiger partial charge in [0, 0.05) is 21.5 Å². The minimum atomic E-state index is 0.779. The summed E-state index contributed by atoms with van der Waals surface area (Å²) in [7, 11) is 0. The van der Waals surface area contributed by atoms with Crippen LogP contribution in [0.25, 0.3) is 6.08 Å². The number of halogens is 2. The zero-order valence-electron chi connectivity index (χ0n) is 9.97. The molecule has 1 aromatic rings. The number of hydrogen-bond donors (Lipinski definition) is 1. The number of hydrogen-bond acceptors (Lipinski definition) is 1. The van der Waals surface area contributed by atoms with Gasteiger partial charge in [0.15, 0.2) is 0 Å². The quantitative estimate of drug-likeness (QED) is 0.800. The third kappa shape index (κ3) is 4.23. The molecular weight excluding hydrogens is 342 g/mol. The molecular formula is C14H17Br2N. The van der Waals surface area contributed by atoms with Crippen LogP contribution in [-0.2, 0) is 0 Å². The van der Waals surface area contributed by atoms with Gasteiger partial charge in [-0.15, -0.1) is 0 Å². The molecule has 92 valence electrons. The molecule has 1 saturated carbocycles. The Balaban J connectivity index is 2.04. The third-order valence-electron chi connectivity index (χ3n) is 2.96. The Bertz CT molecular complexity index is 422. The van der Waals surface area contributed by atoms with Gasteiger partial charge in [-0.1, -0.05) is 24.6 Å². The molecule has 1 aromatic carbocycles. The van der Waals surface area contributed by atoms with E-state index in [1.807, 2.05) is 0 Å². The molecule has 2 rings (SSSR count). The molecule has 0 saturated heterocycles. The molecule has 0 heterocycles. The number of benzene rings is 1. The first-order valence-electron chi connectivity index (χ1n) is 6.07. The molecule has 3 heteroatoms. The minimum Gasteiger partial charge on any atom is -0.310 e. The lowest BCUT2D eigenvalue weighted by molar-refractivity contribution is 0.723. The Hall–Kier alpha value is -0.120. The zero-order chi connectivity index (χ0) is 12.3. The molecule has 0 bridgehead atoms. The Labute approximate surface area is 120 Å². The lowest BCUT2D eigenvalue weighted by Crippen LogP contribution is -2.18. The van der Waals surface area contributed by atoms with Gasteiger partial charge in [-0.2, -0.15) is 0 Å². The van der Waals surface area contributed by atoms with E-state index < -0.39 is 0 Å². The van der Waals surface area contributed by atoms with Crippen molar-refractivity contribution in [3.05, 3.63) is 38.3 Å². The van der Waals surface area contributed by atoms with Gasteiger partial charge in [-0.3, -0.25) is 0 Å². The second-order valence-corrected chi connectivity index (χ2v) is 6.19. The first-order chi connectivity index (χ1) is 8.19. The lowest BCUT2D eigenvalue weighted by Gasteiger charge is -2.07. The topological polar surface area (TPSA) is 12.0 Å². The van der Waals surface area contributed by atoms with Crippen molar-refractivity contribution in [1.82, 2.24) is 5.32 Å². The molecule has 0 amide bonds. The minimum absolute atomic E-state index is 0.779. The van der Waals surface area contributed by atoms with Crippen LogP contribution in [0, 0.1) is 0 Å². The van der Waals surface area contributed by atoms with E-state index in [-0.39, 0.29) is 0 Å². The fourth-order valence-corrected chi connectivity index (χ4v) is 2.32. The molecule has 0 unspecified atom stereocenters. The summed E-state index contributed by atoms with van der Waals surface area (Å²) in [6, 6.07) is 7.15. The van der Waals surface area contributed by atoms with Crippen LogP contribution in [0.15, 0.2) is 32.7 Å². The van der Waals surface area contributed by atoms with Crippen LogP contribution in [0.2, 0.25) is 0 Å². The Morgan fingerprint density at radius 1 is 1.35 bits per heavy atom. The van der Waals surface area contributed by atoms with Crippen molar-refractivity contribution in [2.24, 2.45) is 0 Å². The summed E-state index contributed by atoms with van der Waals surface area (Å²) in [5.41, 5.74) is 2.72. The maximum Gasteiger partial charge on any atom is 0.0323 e. The van der Waals surface area contributed by atoms with Crippen molar-refractivity contribution >= 4 is 37.9 Å². The highest BCUT2D eigenvalue weighted by Crippen LogP contribution is 2.25. The Morgan fingerprint density at radius 3 is 2.71 bits per heavy atom. The zero-order valence-corrected chi connectivity index (χ0v) is 13.1. The standard InChI is InChI=1S/C14H17Br2N/c1-2-10(9-17-12-4-5-12)7-11-3-6-13(15)14(16)8-11/h3,6-8,12,17H,2,4-5,9H2,1H3/b10-7-. The van der Waals surface area contributed by atoms with E-state index in [1.165, 1.54) is 24.0 Å². The van der Waals surface area contributed by atoms with Crippen molar-refractivity contribution in [3.8, 4) is 0 Å². The van der Waals surface area contributed by atoms with Crippen LogP contribution in [-0.4, -0.2) is 12.6 Å². The van der Waals surface area contributed by atoms with Gasteiger partial charge < -0.3 is 5.32 Å². The van der Waals surface area contributed by atoms with Crippen molar-refractivity contribution < 1.29 is 0 Å². The molecule has 17 heavy (non-hydrogen) atoms. The van der Waals surface area contributed by atoms with E-state index in [0.717, 1.165) is 28.0 Å². The maximum atomic E-state index is 3.56. The van der Waals surface area contributed by atoms with E-state index in [9.17, 15) is 0 Å². The molecule has 1 fully saturated rings. The highest BCUT2D eigenvalue weighted by atomic mass is 79.9. The van der Waals surface area contributed by atoms with Crippen LogP contribution in [0.1, 0.15) is 31.7 Å². The summed E-state index contributed by atoms with van der Waals surface area (Å²) in [5.74, 6) is 0. The number of rotatable bonds is 5. The van der Waals surface area contributed by atoms with Crippen LogP contribution < -0.4 is 5.32 Å². The summed E-state index contributed by atoms with van der Waals surface area (Å²) < 4.78 is 2.21. The molecule has 1 aliphatic rings. The van der Waals surface area contributed by atoms with Gasteiger partial charge in [0.1, 0.15) is 0 Å². The molecule has 1 nitrogen and oxygen atoms in total. The Kier molecular flexibility index (Phi) is 4.83. The van der Waals surface area contributed by atoms with E-state index in [2.05, 4.69) is 68.4 Å². The van der Waals surface area contributed by atoms with Crippen molar-refractivity contribution in [3.63, 3.8) is 0 Å². The predicted molar refractivity (Wildman–Crippen MR) is 81.1 cm³/mol. The summed E-state index contributed by atoms with van der Waals surface area (Å²) in [5, 5.41) is 3.56. The average molecular weight is 359 g/mol. The van der Waals surface area contributed by atoms with Crippen molar-refractivity contribution in [2.75, 3.05) is 6.54 Å². The van der Waals surface area contributed by atoms with Crippen molar-refractivity contribution in [2.45, 2.75) is 32.2 Å². The van der Waals surface area contributed by atoms with Crippen LogP contribution in [0.5, 0.6) is 0 Å². The fraction of sp³-hybridized carbons (Fsp3) is 0.429. The molecule has 0 aromatic heterocycles. The first-order valence-corrected chi connectivity index (χ1v) is 7.65. The second kappa shape index (κ2) is 6.17. The summed E-state index contributed by atoms with van der Waals surface area (Å²) >= 11 is 7.03. The first kappa shape index (κ1) is 13.3. The average Bonchev–Trinajstić information content (AvgIpc) is 3.13. The molecule has 1 N–H and O–H groups in total. The van der Waals surface area contributed by atoms with E-state index >= 15 is 0 Å². The third-order valence-corrected chi connectivity index (χ3v) is 4.84. The highest BCUT2D eigenvalue weighted by Gasteiger charge is 2.19. The normalized spacial score (nSPS) is 16.3. The SMILES string of the molecule is CC/C(=C/c1ccc(Br)c(Br)c1)CNC1CC1. The van der Waals surface area contributed by atoms with Gasteiger partial charge >= 0.3 is 0 Å². The number of nitrogens with one attached hydrogen (secondary N) is 1. The molecule has 0 atom stereocenters. The molecule has 1 aliphatic carbocycles. The molecule has 0 aliphatic heterocycles. The lowest BCUT2D eigenvalue weighted by atomic mass is 10.1.